The lowest BCUT2D eigenvalue weighted by Gasteiger charge is -2.12. The minimum atomic E-state index is -0.462. The van der Waals surface area contributed by atoms with E-state index in [9.17, 15) is 9.59 Å². The van der Waals surface area contributed by atoms with Crippen molar-refractivity contribution in [2.24, 2.45) is 0 Å². The van der Waals surface area contributed by atoms with Crippen molar-refractivity contribution in [2.75, 3.05) is 6.61 Å². The number of carbonyl (C=O) groups excluding carboxylic acids is 2. The predicted octanol–water partition coefficient (Wildman–Crippen LogP) is 4.81. The first-order chi connectivity index (χ1) is 12.4. The molecule has 3 rings (SSSR count). The highest BCUT2D eigenvalue weighted by atomic mass is 32.1. The van der Waals surface area contributed by atoms with E-state index in [1.807, 2.05) is 26.0 Å². The lowest BCUT2D eigenvalue weighted by molar-refractivity contribution is 0.0479. The van der Waals surface area contributed by atoms with Crippen LogP contribution < -0.4 is 0 Å². The number of Topliss-reactive ketones (excluding diaryl/α,β-unsaturated/α-hetero) is 1. The molecule has 5 heteroatoms. The van der Waals surface area contributed by atoms with Crippen molar-refractivity contribution in [1.82, 2.24) is 4.57 Å². The molecule has 0 aliphatic rings. The maximum absolute atomic E-state index is 12.6. The standard InChI is InChI=1S/C21H21NO3S/c1-13-7-8-17(10-14(13)2)22-15(3)11-18(16(22)4)19(23)12-25-21(24)20-6-5-9-26-20/h5-11H,12H2,1-4H3. The number of aromatic nitrogens is 1. The first kappa shape index (κ1) is 18.1. The molecular formula is C21H21NO3S. The van der Waals surface area contributed by atoms with Crippen LogP contribution in [0.5, 0.6) is 0 Å². The lowest BCUT2D eigenvalue weighted by atomic mass is 10.1. The maximum Gasteiger partial charge on any atom is 0.348 e. The van der Waals surface area contributed by atoms with E-state index >= 15 is 0 Å². The SMILES string of the molecule is Cc1ccc(-n2c(C)cc(C(=O)COC(=O)c3cccs3)c2C)cc1C. The second-order valence-corrected chi connectivity index (χ2v) is 7.31. The van der Waals surface area contributed by atoms with Gasteiger partial charge in [-0.25, -0.2) is 4.79 Å². The van der Waals surface area contributed by atoms with Gasteiger partial charge in [0.05, 0.1) is 0 Å². The van der Waals surface area contributed by atoms with E-state index in [1.54, 1.807) is 17.5 Å². The number of carbonyl (C=O) groups is 2. The topological polar surface area (TPSA) is 48.3 Å². The predicted molar refractivity (Wildman–Crippen MR) is 104 cm³/mol. The molecule has 0 unspecified atom stereocenters. The van der Waals surface area contributed by atoms with Crippen LogP contribution in [0.25, 0.3) is 5.69 Å². The van der Waals surface area contributed by atoms with Crippen LogP contribution >= 0.6 is 11.3 Å². The summed E-state index contributed by atoms with van der Waals surface area (Å²) in [4.78, 5) is 25.0. The van der Waals surface area contributed by atoms with Gasteiger partial charge in [-0.15, -0.1) is 11.3 Å². The van der Waals surface area contributed by atoms with Crippen LogP contribution in [0.2, 0.25) is 0 Å². The summed E-state index contributed by atoms with van der Waals surface area (Å²) in [5.41, 5.74) is 5.86. The number of esters is 1. The number of aryl methyl sites for hydroxylation is 3. The number of rotatable bonds is 5. The van der Waals surface area contributed by atoms with Gasteiger partial charge < -0.3 is 9.30 Å². The van der Waals surface area contributed by atoms with Crippen molar-refractivity contribution >= 4 is 23.1 Å². The molecule has 0 amide bonds. The number of hydrogen-bond donors (Lipinski definition) is 0. The van der Waals surface area contributed by atoms with Crippen LogP contribution in [-0.4, -0.2) is 22.9 Å². The molecule has 26 heavy (non-hydrogen) atoms. The van der Waals surface area contributed by atoms with E-state index in [-0.39, 0.29) is 12.4 Å². The van der Waals surface area contributed by atoms with Crippen LogP contribution in [0.15, 0.2) is 41.8 Å². The van der Waals surface area contributed by atoms with Crippen LogP contribution in [0.3, 0.4) is 0 Å². The molecule has 0 spiro atoms. The first-order valence-corrected chi connectivity index (χ1v) is 9.27. The Kier molecular flexibility index (Phi) is 5.09. The van der Waals surface area contributed by atoms with Crippen molar-refractivity contribution in [3.05, 3.63) is 74.7 Å². The summed E-state index contributed by atoms with van der Waals surface area (Å²) in [6.07, 6.45) is 0. The molecule has 0 bridgehead atoms. The van der Waals surface area contributed by atoms with Crippen molar-refractivity contribution in [2.45, 2.75) is 27.7 Å². The number of ketones is 1. The summed E-state index contributed by atoms with van der Waals surface area (Å²) in [5, 5.41) is 1.80. The molecule has 0 aliphatic heterocycles. The smallest absolute Gasteiger partial charge is 0.348 e. The molecule has 134 valence electrons. The van der Waals surface area contributed by atoms with Crippen molar-refractivity contribution in [1.29, 1.82) is 0 Å². The number of hydrogen-bond acceptors (Lipinski definition) is 4. The summed E-state index contributed by atoms with van der Waals surface area (Å²) in [5.74, 6) is -0.658. The van der Waals surface area contributed by atoms with E-state index in [0.717, 1.165) is 17.1 Å². The van der Waals surface area contributed by atoms with E-state index in [4.69, 9.17) is 4.74 Å². The summed E-state index contributed by atoms with van der Waals surface area (Å²) >= 11 is 1.30. The Hall–Kier alpha value is -2.66. The third-order valence-electron chi connectivity index (χ3n) is 4.54. The summed E-state index contributed by atoms with van der Waals surface area (Å²) < 4.78 is 7.22. The molecule has 4 nitrogen and oxygen atoms in total. The summed E-state index contributed by atoms with van der Waals surface area (Å²) in [7, 11) is 0. The zero-order valence-corrected chi connectivity index (χ0v) is 16.1. The van der Waals surface area contributed by atoms with E-state index in [0.29, 0.717) is 10.4 Å². The van der Waals surface area contributed by atoms with Crippen LogP contribution in [0.1, 0.15) is 42.5 Å². The molecule has 3 aromatic rings. The highest BCUT2D eigenvalue weighted by Gasteiger charge is 2.19. The van der Waals surface area contributed by atoms with Crippen LogP contribution in [0, 0.1) is 27.7 Å². The largest absolute Gasteiger partial charge is 0.453 e. The Morgan fingerprint density at radius 2 is 1.81 bits per heavy atom. The minimum absolute atomic E-state index is 0.196. The molecule has 0 fully saturated rings. The summed E-state index contributed by atoms with van der Waals surface area (Å²) in [6, 6.07) is 11.6. The number of benzene rings is 1. The molecule has 0 N–H and O–H groups in total. The van der Waals surface area contributed by atoms with Gasteiger partial charge >= 0.3 is 5.97 Å². The Bertz CT molecular complexity index is 968. The first-order valence-electron chi connectivity index (χ1n) is 8.39. The van der Waals surface area contributed by atoms with Crippen molar-refractivity contribution < 1.29 is 14.3 Å². The number of ether oxygens (including phenoxy) is 1. The minimum Gasteiger partial charge on any atom is -0.453 e. The van der Waals surface area contributed by atoms with Gasteiger partial charge in [0.25, 0.3) is 0 Å². The summed E-state index contributed by atoms with van der Waals surface area (Å²) in [6.45, 7) is 7.77. The molecule has 0 atom stereocenters. The van der Waals surface area contributed by atoms with Gasteiger partial charge in [0.1, 0.15) is 4.88 Å². The highest BCUT2D eigenvalue weighted by molar-refractivity contribution is 7.11. The fourth-order valence-corrected chi connectivity index (χ4v) is 3.60. The Morgan fingerprint density at radius 1 is 1.04 bits per heavy atom. The zero-order chi connectivity index (χ0) is 18.8. The molecular weight excluding hydrogens is 346 g/mol. The van der Waals surface area contributed by atoms with Crippen LogP contribution in [-0.2, 0) is 4.74 Å². The van der Waals surface area contributed by atoms with Gasteiger partial charge in [0.15, 0.2) is 6.61 Å². The average Bonchev–Trinajstić information content (AvgIpc) is 3.24. The van der Waals surface area contributed by atoms with Gasteiger partial charge in [0.2, 0.25) is 5.78 Å². The van der Waals surface area contributed by atoms with Gasteiger partial charge in [0, 0.05) is 22.6 Å². The Morgan fingerprint density at radius 3 is 2.46 bits per heavy atom. The van der Waals surface area contributed by atoms with Crippen molar-refractivity contribution in [3.8, 4) is 5.69 Å². The zero-order valence-electron chi connectivity index (χ0n) is 15.3. The van der Waals surface area contributed by atoms with Gasteiger partial charge in [-0.2, -0.15) is 0 Å². The normalized spacial score (nSPS) is 10.8. The fourth-order valence-electron chi connectivity index (χ4n) is 2.98. The van der Waals surface area contributed by atoms with Crippen LogP contribution in [0.4, 0.5) is 0 Å². The Balaban J connectivity index is 1.81. The van der Waals surface area contributed by atoms with E-state index in [1.165, 1.54) is 22.5 Å². The molecule has 2 heterocycles. The van der Waals surface area contributed by atoms with Gasteiger partial charge in [-0.3, -0.25) is 4.79 Å². The van der Waals surface area contributed by atoms with Crippen molar-refractivity contribution in [3.63, 3.8) is 0 Å². The second-order valence-electron chi connectivity index (χ2n) is 6.37. The third-order valence-corrected chi connectivity index (χ3v) is 5.39. The molecule has 0 radical (unpaired) electrons. The number of nitrogens with zero attached hydrogens (tertiary/aromatic N) is 1. The molecule has 0 saturated heterocycles. The molecule has 1 aromatic carbocycles. The quantitative estimate of drug-likeness (QED) is 0.480. The highest BCUT2D eigenvalue weighted by Crippen LogP contribution is 2.23. The maximum atomic E-state index is 12.6. The van der Waals surface area contributed by atoms with E-state index < -0.39 is 5.97 Å². The molecule has 0 saturated carbocycles. The van der Waals surface area contributed by atoms with Gasteiger partial charge in [-0.05, 0) is 68.5 Å². The molecule has 0 aliphatic carbocycles. The average molecular weight is 367 g/mol. The third kappa shape index (κ3) is 3.48. The Labute approximate surface area is 157 Å². The molecule has 2 aromatic heterocycles. The monoisotopic (exact) mass is 367 g/mol. The second kappa shape index (κ2) is 7.30. The lowest BCUT2D eigenvalue weighted by Crippen LogP contribution is -2.14. The van der Waals surface area contributed by atoms with Gasteiger partial charge in [-0.1, -0.05) is 12.1 Å². The number of thiophene rings is 1. The van der Waals surface area contributed by atoms with E-state index in [2.05, 4.69) is 30.5 Å². The fraction of sp³-hybridized carbons (Fsp3) is 0.238.